The van der Waals surface area contributed by atoms with Crippen molar-refractivity contribution in [1.29, 1.82) is 0 Å². The van der Waals surface area contributed by atoms with Crippen molar-refractivity contribution >= 4 is 17.5 Å². The zero-order valence-electron chi connectivity index (χ0n) is 10.6. The van der Waals surface area contributed by atoms with Crippen molar-refractivity contribution in [3.05, 3.63) is 24.5 Å². The van der Waals surface area contributed by atoms with Crippen LogP contribution in [0.1, 0.15) is 32.6 Å². The van der Waals surface area contributed by atoms with Crippen LogP contribution in [0.25, 0.3) is 0 Å². The first kappa shape index (κ1) is 14.2. The van der Waals surface area contributed by atoms with Crippen molar-refractivity contribution < 1.29 is 9.59 Å². The Morgan fingerprint density at radius 2 is 2.11 bits per heavy atom. The second kappa shape index (κ2) is 8.22. The van der Waals surface area contributed by atoms with Crippen molar-refractivity contribution in [3.8, 4) is 0 Å². The molecule has 1 aromatic heterocycles. The number of anilines is 1. The molecule has 0 atom stereocenters. The van der Waals surface area contributed by atoms with E-state index in [0.717, 1.165) is 24.9 Å². The smallest absolute Gasteiger partial charge is 0.224 e. The minimum Gasteiger partial charge on any atom is -0.356 e. The summed E-state index contributed by atoms with van der Waals surface area (Å²) < 4.78 is 0. The lowest BCUT2D eigenvalue weighted by Gasteiger charge is -2.04. The van der Waals surface area contributed by atoms with Crippen LogP contribution in [0.3, 0.4) is 0 Å². The molecule has 0 saturated heterocycles. The first-order chi connectivity index (χ1) is 8.68. The molecular formula is C13H19N3O2. The maximum atomic E-state index is 11.5. The number of nitrogens with one attached hydrogen (secondary N) is 2. The van der Waals surface area contributed by atoms with Gasteiger partial charge in [-0.25, -0.2) is 0 Å². The predicted molar refractivity (Wildman–Crippen MR) is 70.0 cm³/mol. The number of hydrogen-bond acceptors (Lipinski definition) is 3. The molecular weight excluding hydrogens is 230 g/mol. The van der Waals surface area contributed by atoms with Crippen molar-refractivity contribution in [3.63, 3.8) is 0 Å². The van der Waals surface area contributed by atoms with E-state index < -0.39 is 0 Å². The van der Waals surface area contributed by atoms with Crippen molar-refractivity contribution in [2.45, 2.75) is 32.6 Å². The maximum Gasteiger partial charge on any atom is 0.224 e. The second-order valence-corrected chi connectivity index (χ2v) is 4.08. The third kappa shape index (κ3) is 6.62. The van der Waals surface area contributed by atoms with Crippen LogP contribution in [-0.2, 0) is 9.59 Å². The highest BCUT2D eigenvalue weighted by molar-refractivity contribution is 5.90. The summed E-state index contributed by atoms with van der Waals surface area (Å²) in [5, 5.41) is 5.51. The van der Waals surface area contributed by atoms with Gasteiger partial charge in [0, 0.05) is 26.1 Å². The summed E-state index contributed by atoms with van der Waals surface area (Å²) in [4.78, 5) is 26.1. The van der Waals surface area contributed by atoms with Crippen LogP contribution in [-0.4, -0.2) is 23.3 Å². The molecule has 0 aromatic carbocycles. The van der Waals surface area contributed by atoms with E-state index in [-0.39, 0.29) is 11.8 Å². The Labute approximate surface area is 107 Å². The highest BCUT2D eigenvalue weighted by Gasteiger charge is 2.01. The van der Waals surface area contributed by atoms with Gasteiger partial charge in [0.1, 0.15) is 0 Å². The van der Waals surface area contributed by atoms with Gasteiger partial charge in [0.2, 0.25) is 11.8 Å². The van der Waals surface area contributed by atoms with E-state index in [0.29, 0.717) is 13.0 Å². The molecule has 5 nitrogen and oxygen atoms in total. The average molecular weight is 249 g/mol. The Morgan fingerprint density at radius 3 is 2.78 bits per heavy atom. The van der Waals surface area contributed by atoms with E-state index in [2.05, 4.69) is 15.6 Å². The monoisotopic (exact) mass is 249 g/mol. The Hall–Kier alpha value is -1.91. The number of carbonyl (C=O) groups is 2. The average Bonchev–Trinajstić information content (AvgIpc) is 2.34. The van der Waals surface area contributed by atoms with Crippen LogP contribution < -0.4 is 10.6 Å². The number of amides is 2. The van der Waals surface area contributed by atoms with Crippen molar-refractivity contribution in [1.82, 2.24) is 10.3 Å². The number of nitrogens with zero attached hydrogens (tertiary/aromatic N) is 1. The maximum absolute atomic E-state index is 11.5. The van der Waals surface area contributed by atoms with Crippen LogP contribution in [0, 0.1) is 0 Å². The molecule has 0 unspecified atom stereocenters. The van der Waals surface area contributed by atoms with Gasteiger partial charge in [-0.05, 0) is 25.0 Å². The molecule has 1 aromatic rings. The number of aromatic nitrogens is 1. The molecule has 2 amide bonds. The molecule has 1 heterocycles. The quantitative estimate of drug-likeness (QED) is 0.723. The molecule has 0 aliphatic heterocycles. The lowest BCUT2D eigenvalue weighted by Crippen LogP contribution is -2.20. The van der Waals surface area contributed by atoms with Crippen LogP contribution in [0.4, 0.5) is 5.69 Å². The van der Waals surface area contributed by atoms with Gasteiger partial charge in [-0.3, -0.25) is 14.6 Å². The number of hydrogen-bond donors (Lipinski definition) is 2. The molecule has 0 aliphatic rings. The van der Waals surface area contributed by atoms with Gasteiger partial charge in [-0.15, -0.1) is 0 Å². The van der Waals surface area contributed by atoms with Crippen LogP contribution in [0.2, 0.25) is 0 Å². The standard InChI is InChI=1S/C13H19N3O2/c1-11(17)15-9-4-2-3-7-13(18)16-12-6-5-8-14-10-12/h5-6,8,10H,2-4,7,9H2,1H3,(H,15,17)(H,16,18). The Bertz CT molecular complexity index is 379. The van der Waals surface area contributed by atoms with Gasteiger partial charge >= 0.3 is 0 Å². The van der Waals surface area contributed by atoms with Gasteiger partial charge < -0.3 is 10.6 Å². The van der Waals surface area contributed by atoms with E-state index in [1.165, 1.54) is 6.92 Å². The highest BCUT2D eigenvalue weighted by atomic mass is 16.2. The molecule has 2 N–H and O–H groups in total. The first-order valence-electron chi connectivity index (χ1n) is 6.13. The van der Waals surface area contributed by atoms with E-state index >= 15 is 0 Å². The van der Waals surface area contributed by atoms with Gasteiger partial charge in [0.05, 0.1) is 11.9 Å². The van der Waals surface area contributed by atoms with Gasteiger partial charge in [0.25, 0.3) is 0 Å². The van der Waals surface area contributed by atoms with Gasteiger partial charge in [-0.1, -0.05) is 6.42 Å². The summed E-state index contributed by atoms with van der Waals surface area (Å²) >= 11 is 0. The molecule has 5 heteroatoms. The third-order valence-electron chi connectivity index (χ3n) is 2.40. The molecule has 0 aliphatic carbocycles. The van der Waals surface area contributed by atoms with Crippen molar-refractivity contribution in [2.75, 3.05) is 11.9 Å². The topological polar surface area (TPSA) is 71.1 Å². The Kier molecular flexibility index (Phi) is 6.46. The number of unbranched alkanes of at least 4 members (excludes halogenated alkanes) is 2. The summed E-state index contributed by atoms with van der Waals surface area (Å²) in [5.74, 6) is -0.00755. The largest absolute Gasteiger partial charge is 0.356 e. The second-order valence-electron chi connectivity index (χ2n) is 4.08. The summed E-state index contributed by atoms with van der Waals surface area (Å²) in [7, 11) is 0. The Morgan fingerprint density at radius 1 is 1.28 bits per heavy atom. The molecule has 0 fully saturated rings. The molecule has 1 rings (SSSR count). The summed E-state index contributed by atoms with van der Waals surface area (Å²) in [6, 6.07) is 3.59. The van der Waals surface area contributed by atoms with E-state index in [4.69, 9.17) is 0 Å². The van der Waals surface area contributed by atoms with Gasteiger partial charge in [0.15, 0.2) is 0 Å². The molecule has 0 radical (unpaired) electrons. The molecule has 0 bridgehead atoms. The number of rotatable bonds is 7. The fourth-order valence-corrected chi connectivity index (χ4v) is 1.51. The highest BCUT2D eigenvalue weighted by Crippen LogP contribution is 2.05. The van der Waals surface area contributed by atoms with Crippen LogP contribution >= 0.6 is 0 Å². The molecule has 18 heavy (non-hydrogen) atoms. The third-order valence-corrected chi connectivity index (χ3v) is 2.40. The first-order valence-corrected chi connectivity index (χ1v) is 6.13. The van der Waals surface area contributed by atoms with Crippen molar-refractivity contribution in [2.24, 2.45) is 0 Å². The van der Waals surface area contributed by atoms with E-state index in [9.17, 15) is 9.59 Å². The normalized spacial score (nSPS) is 9.83. The van der Waals surface area contributed by atoms with E-state index in [1.807, 2.05) is 6.07 Å². The summed E-state index contributed by atoms with van der Waals surface area (Å²) in [6.45, 7) is 2.18. The molecule has 0 spiro atoms. The predicted octanol–water partition coefficient (Wildman–Crippen LogP) is 1.72. The SMILES string of the molecule is CC(=O)NCCCCCC(=O)Nc1cccnc1. The summed E-state index contributed by atoms with van der Waals surface area (Å²) in [6.07, 6.45) is 6.44. The van der Waals surface area contributed by atoms with Crippen LogP contribution in [0.15, 0.2) is 24.5 Å². The molecule has 98 valence electrons. The lowest BCUT2D eigenvalue weighted by atomic mass is 10.2. The fraction of sp³-hybridized carbons (Fsp3) is 0.462. The molecule has 0 saturated carbocycles. The minimum absolute atomic E-state index is 0.00234. The zero-order chi connectivity index (χ0) is 13.2. The minimum atomic E-state index is -0.00989. The van der Waals surface area contributed by atoms with Gasteiger partial charge in [-0.2, -0.15) is 0 Å². The van der Waals surface area contributed by atoms with Crippen LogP contribution in [0.5, 0.6) is 0 Å². The fourth-order valence-electron chi connectivity index (χ4n) is 1.51. The van der Waals surface area contributed by atoms with E-state index in [1.54, 1.807) is 18.5 Å². The lowest BCUT2D eigenvalue weighted by molar-refractivity contribution is -0.119. The number of pyridine rings is 1. The number of carbonyl (C=O) groups excluding carboxylic acids is 2. The Balaban J connectivity index is 2.05. The summed E-state index contributed by atoms with van der Waals surface area (Å²) in [5.41, 5.74) is 0.723. The zero-order valence-corrected chi connectivity index (χ0v) is 10.6.